The summed E-state index contributed by atoms with van der Waals surface area (Å²) in [5.41, 5.74) is 1.34. The highest BCUT2D eigenvalue weighted by Gasteiger charge is 2.35. The van der Waals surface area contributed by atoms with Crippen LogP contribution in [0.4, 0.5) is 0 Å². The van der Waals surface area contributed by atoms with Crippen molar-refractivity contribution in [3.63, 3.8) is 0 Å². The molecular weight excluding hydrogens is 264 g/mol. The van der Waals surface area contributed by atoms with E-state index in [2.05, 4.69) is 38.4 Å². The molecule has 1 saturated carbocycles. The van der Waals surface area contributed by atoms with E-state index in [9.17, 15) is 0 Å². The van der Waals surface area contributed by atoms with Crippen molar-refractivity contribution in [2.45, 2.75) is 90.1 Å². The van der Waals surface area contributed by atoms with E-state index in [1.54, 1.807) is 0 Å². The van der Waals surface area contributed by atoms with E-state index in [-0.39, 0.29) is 5.54 Å². The van der Waals surface area contributed by atoms with Gasteiger partial charge in [-0.2, -0.15) is 0 Å². The van der Waals surface area contributed by atoms with E-state index in [4.69, 9.17) is 4.98 Å². The van der Waals surface area contributed by atoms with Gasteiger partial charge in [-0.15, -0.1) is 11.3 Å². The average Bonchev–Trinajstić information content (AvgIpc) is 3.06. The zero-order valence-corrected chi connectivity index (χ0v) is 14.4. The maximum Gasteiger partial charge on any atom is 0.113 e. The van der Waals surface area contributed by atoms with Crippen molar-refractivity contribution in [3.8, 4) is 0 Å². The second-order valence-electron chi connectivity index (χ2n) is 6.79. The van der Waals surface area contributed by atoms with Gasteiger partial charge in [0.1, 0.15) is 5.01 Å². The molecule has 1 aromatic heterocycles. The molecule has 0 bridgehead atoms. The zero-order valence-electron chi connectivity index (χ0n) is 13.5. The van der Waals surface area contributed by atoms with Gasteiger partial charge in [0.25, 0.3) is 0 Å². The van der Waals surface area contributed by atoms with Crippen LogP contribution in [0.1, 0.15) is 89.3 Å². The van der Waals surface area contributed by atoms with Gasteiger partial charge in [0.15, 0.2) is 0 Å². The second kappa shape index (κ2) is 7.04. The summed E-state index contributed by atoms with van der Waals surface area (Å²) >= 11 is 1.84. The molecule has 114 valence electrons. The second-order valence-corrected chi connectivity index (χ2v) is 7.65. The van der Waals surface area contributed by atoms with Crippen molar-refractivity contribution in [2.24, 2.45) is 0 Å². The Bertz CT molecular complexity index is 409. The highest BCUT2D eigenvalue weighted by molar-refractivity contribution is 7.09. The molecule has 0 radical (unpaired) electrons. The van der Waals surface area contributed by atoms with Gasteiger partial charge in [-0.1, -0.05) is 46.5 Å². The highest BCUT2D eigenvalue weighted by atomic mass is 32.1. The van der Waals surface area contributed by atoms with Crippen LogP contribution in [-0.4, -0.2) is 11.0 Å². The van der Waals surface area contributed by atoms with Crippen LogP contribution in [0.2, 0.25) is 0 Å². The third kappa shape index (κ3) is 4.29. The fourth-order valence-electron chi connectivity index (χ4n) is 2.63. The Kier molecular flexibility index (Phi) is 5.62. The molecule has 1 aromatic rings. The summed E-state index contributed by atoms with van der Waals surface area (Å²) in [6.07, 6.45) is 9.21. The molecule has 20 heavy (non-hydrogen) atoms. The van der Waals surface area contributed by atoms with Gasteiger partial charge < -0.3 is 5.32 Å². The Morgan fingerprint density at radius 3 is 2.65 bits per heavy atom. The Morgan fingerprint density at radius 1 is 1.35 bits per heavy atom. The van der Waals surface area contributed by atoms with Gasteiger partial charge in [-0.25, -0.2) is 4.98 Å². The van der Waals surface area contributed by atoms with Crippen molar-refractivity contribution in [1.29, 1.82) is 0 Å². The molecule has 1 N–H and O–H groups in total. The van der Waals surface area contributed by atoms with Gasteiger partial charge in [-0.05, 0) is 32.1 Å². The van der Waals surface area contributed by atoms with E-state index in [1.807, 2.05) is 11.3 Å². The molecule has 1 unspecified atom stereocenters. The topological polar surface area (TPSA) is 24.9 Å². The number of hydrogen-bond donors (Lipinski definition) is 1. The number of nitrogens with zero attached hydrogens (tertiary/aromatic N) is 1. The van der Waals surface area contributed by atoms with Crippen LogP contribution in [-0.2, 0) is 5.54 Å². The summed E-state index contributed by atoms with van der Waals surface area (Å²) < 4.78 is 0. The summed E-state index contributed by atoms with van der Waals surface area (Å²) in [6, 6.07) is 0.734. The summed E-state index contributed by atoms with van der Waals surface area (Å²) in [5.74, 6) is 0.533. The fourth-order valence-corrected chi connectivity index (χ4v) is 3.77. The Labute approximate surface area is 128 Å². The van der Waals surface area contributed by atoms with Gasteiger partial charge in [0.2, 0.25) is 0 Å². The lowest BCUT2D eigenvalue weighted by Crippen LogP contribution is -2.41. The largest absolute Gasteiger partial charge is 0.303 e. The standard InChI is InChI=1S/C17H30N2S/c1-5-6-7-8-11-17(4,19-14-9-10-14)16-18-15(12-20-16)13(2)3/h12-14,19H,5-11H2,1-4H3. The van der Waals surface area contributed by atoms with Gasteiger partial charge in [0, 0.05) is 11.4 Å². The van der Waals surface area contributed by atoms with Crippen molar-refractivity contribution in [2.75, 3.05) is 0 Å². The molecule has 1 aliphatic rings. The molecule has 2 rings (SSSR count). The highest BCUT2D eigenvalue weighted by Crippen LogP contribution is 2.35. The van der Waals surface area contributed by atoms with E-state index in [0.29, 0.717) is 5.92 Å². The van der Waals surface area contributed by atoms with Crippen molar-refractivity contribution in [1.82, 2.24) is 10.3 Å². The smallest absolute Gasteiger partial charge is 0.113 e. The third-order valence-corrected chi connectivity index (χ3v) is 5.34. The maximum atomic E-state index is 4.92. The molecule has 3 heteroatoms. The SMILES string of the molecule is CCCCCCC(C)(NC1CC1)c1nc(C(C)C)cs1. The number of nitrogens with one attached hydrogen (secondary N) is 1. The first-order chi connectivity index (χ1) is 9.55. The third-order valence-electron chi connectivity index (χ3n) is 4.22. The minimum Gasteiger partial charge on any atom is -0.303 e. The predicted molar refractivity (Wildman–Crippen MR) is 88.5 cm³/mol. The molecule has 1 fully saturated rings. The zero-order chi connectivity index (χ0) is 14.6. The van der Waals surface area contributed by atoms with E-state index < -0.39 is 0 Å². The quantitative estimate of drug-likeness (QED) is 0.633. The van der Waals surface area contributed by atoms with Crippen LogP contribution in [0.15, 0.2) is 5.38 Å². The molecule has 0 spiro atoms. The minimum absolute atomic E-state index is 0.0900. The summed E-state index contributed by atoms with van der Waals surface area (Å²) in [6.45, 7) is 9.09. The van der Waals surface area contributed by atoms with Crippen molar-refractivity contribution in [3.05, 3.63) is 16.1 Å². The number of unbranched alkanes of at least 4 members (excludes halogenated alkanes) is 3. The monoisotopic (exact) mass is 294 g/mol. The van der Waals surface area contributed by atoms with E-state index >= 15 is 0 Å². The average molecular weight is 295 g/mol. The van der Waals surface area contributed by atoms with Gasteiger partial charge in [0.05, 0.1) is 11.2 Å². The molecule has 2 nitrogen and oxygen atoms in total. The lowest BCUT2D eigenvalue weighted by atomic mass is 9.94. The minimum atomic E-state index is 0.0900. The van der Waals surface area contributed by atoms with Gasteiger partial charge >= 0.3 is 0 Å². The van der Waals surface area contributed by atoms with Crippen LogP contribution >= 0.6 is 11.3 Å². The van der Waals surface area contributed by atoms with Crippen LogP contribution in [0.5, 0.6) is 0 Å². The maximum absolute atomic E-state index is 4.92. The molecule has 0 aromatic carbocycles. The van der Waals surface area contributed by atoms with Crippen LogP contribution < -0.4 is 5.32 Å². The van der Waals surface area contributed by atoms with Gasteiger partial charge in [-0.3, -0.25) is 0 Å². The Balaban J connectivity index is 2.03. The molecule has 0 aliphatic heterocycles. The first-order valence-corrected chi connectivity index (χ1v) is 9.16. The molecule has 1 heterocycles. The predicted octanol–water partition coefficient (Wildman–Crippen LogP) is 5.20. The molecule has 1 atom stereocenters. The molecular formula is C17H30N2S. The lowest BCUT2D eigenvalue weighted by Gasteiger charge is -2.29. The van der Waals surface area contributed by atoms with Crippen LogP contribution in [0.25, 0.3) is 0 Å². The Morgan fingerprint density at radius 2 is 2.10 bits per heavy atom. The number of aromatic nitrogens is 1. The van der Waals surface area contributed by atoms with Crippen LogP contribution in [0, 0.1) is 0 Å². The van der Waals surface area contributed by atoms with E-state index in [1.165, 1.54) is 55.6 Å². The summed E-state index contributed by atoms with van der Waals surface area (Å²) in [5, 5.41) is 7.41. The van der Waals surface area contributed by atoms with E-state index in [0.717, 1.165) is 6.04 Å². The summed E-state index contributed by atoms with van der Waals surface area (Å²) in [4.78, 5) is 4.92. The molecule has 1 aliphatic carbocycles. The number of hydrogen-bond acceptors (Lipinski definition) is 3. The van der Waals surface area contributed by atoms with Crippen molar-refractivity contribution >= 4 is 11.3 Å². The normalized spacial score (nSPS) is 18.4. The number of rotatable bonds is 9. The lowest BCUT2D eigenvalue weighted by molar-refractivity contribution is 0.321. The number of thiazole rings is 1. The molecule has 0 amide bonds. The fraction of sp³-hybridized carbons (Fsp3) is 0.824. The Hall–Kier alpha value is -0.410. The first-order valence-electron chi connectivity index (χ1n) is 8.28. The van der Waals surface area contributed by atoms with Crippen LogP contribution in [0.3, 0.4) is 0 Å². The summed E-state index contributed by atoms with van der Waals surface area (Å²) in [7, 11) is 0. The molecule has 0 saturated heterocycles. The first kappa shape index (κ1) is 16.0. The van der Waals surface area contributed by atoms with Crippen molar-refractivity contribution < 1.29 is 0 Å².